The second kappa shape index (κ2) is 9.29. The zero-order chi connectivity index (χ0) is 24.7. The van der Waals surface area contributed by atoms with Gasteiger partial charge in [-0.1, -0.05) is 26.7 Å². The molecule has 3 rings (SSSR count). The number of hydrogen-bond acceptors (Lipinski definition) is 3. The first-order valence-corrected chi connectivity index (χ1v) is 11.0. The van der Waals surface area contributed by atoms with Crippen LogP contribution in [-0.4, -0.2) is 47.9 Å². The van der Waals surface area contributed by atoms with Crippen LogP contribution in [0.5, 0.6) is 0 Å². The number of hydrazone groups is 1. The van der Waals surface area contributed by atoms with Gasteiger partial charge in [0.05, 0.1) is 0 Å². The summed E-state index contributed by atoms with van der Waals surface area (Å²) in [6, 6.07) is 0. The van der Waals surface area contributed by atoms with E-state index in [0.717, 1.165) is 12.5 Å². The molecule has 2 aliphatic carbocycles. The Labute approximate surface area is 188 Å². The van der Waals surface area contributed by atoms with Crippen LogP contribution in [0.15, 0.2) is 28.4 Å². The van der Waals surface area contributed by atoms with Gasteiger partial charge in [0.25, 0.3) is 0 Å². The Hall–Kier alpha value is -2.07. The van der Waals surface area contributed by atoms with Crippen molar-refractivity contribution in [2.24, 2.45) is 22.9 Å². The SMILES string of the molecule is CCCC(C)C1C(CC2=CC(F)CC(F)=C2F)=NN(C)C1NC(=O)C[C@H]1CC(F)(F)C1(F)F. The normalized spacial score (nSPS) is 31.6. The Bertz CT molecular complexity index is 870. The molecule has 1 heterocycles. The van der Waals surface area contributed by atoms with Crippen molar-refractivity contribution in [3.8, 4) is 0 Å². The molecule has 11 heteroatoms. The van der Waals surface area contributed by atoms with E-state index in [0.29, 0.717) is 12.1 Å². The molecule has 0 saturated heterocycles. The highest BCUT2D eigenvalue weighted by Gasteiger charge is 2.71. The lowest BCUT2D eigenvalue weighted by atomic mass is 9.74. The second-order valence-electron chi connectivity index (χ2n) is 9.21. The van der Waals surface area contributed by atoms with Gasteiger partial charge in [0.2, 0.25) is 5.91 Å². The number of carbonyl (C=O) groups is 1. The summed E-state index contributed by atoms with van der Waals surface area (Å²) < 4.78 is 95.1. The third-order valence-electron chi connectivity index (χ3n) is 6.66. The number of allylic oxidation sites excluding steroid dienone is 4. The molecule has 1 fully saturated rings. The fourth-order valence-corrected chi connectivity index (χ4v) is 4.86. The van der Waals surface area contributed by atoms with Crippen molar-refractivity contribution in [3.05, 3.63) is 23.3 Å². The van der Waals surface area contributed by atoms with Gasteiger partial charge in [-0.15, -0.1) is 0 Å². The van der Waals surface area contributed by atoms with Crippen molar-refractivity contribution < 1.29 is 35.5 Å². The summed E-state index contributed by atoms with van der Waals surface area (Å²) in [4.78, 5) is 12.5. The average Bonchev–Trinajstić information content (AvgIpc) is 3.00. The van der Waals surface area contributed by atoms with Crippen LogP contribution >= 0.6 is 0 Å². The number of amides is 1. The molecule has 186 valence electrons. The number of carbonyl (C=O) groups excluding carboxylic acids is 1. The first-order chi connectivity index (χ1) is 15.3. The fraction of sp³-hybridized carbons (Fsp3) is 0.727. The molecule has 33 heavy (non-hydrogen) atoms. The number of hydrogen-bond donors (Lipinski definition) is 1. The minimum atomic E-state index is -4.24. The molecule has 0 bridgehead atoms. The molecule has 1 aliphatic heterocycles. The molecule has 0 aromatic carbocycles. The minimum absolute atomic E-state index is 0.0965. The Kier molecular flexibility index (Phi) is 7.19. The summed E-state index contributed by atoms with van der Waals surface area (Å²) in [7, 11) is 1.52. The third kappa shape index (κ3) is 4.91. The largest absolute Gasteiger partial charge is 0.334 e. The van der Waals surface area contributed by atoms with Crippen molar-refractivity contribution in [2.75, 3.05) is 7.05 Å². The van der Waals surface area contributed by atoms with Crippen LogP contribution in [0.1, 0.15) is 52.4 Å². The van der Waals surface area contributed by atoms with Gasteiger partial charge in [-0.2, -0.15) is 22.7 Å². The molecule has 4 unspecified atom stereocenters. The molecule has 0 aromatic rings. The van der Waals surface area contributed by atoms with Gasteiger partial charge in [0.1, 0.15) is 18.2 Å². The van der Waals surface area contributed by atoms with E-state index in [1.807, 2.05) is 13.8 Å². The first kappa shape index (κ1) is 25.6. The molecule has 1 N–H and O–H groups in total. The fourth-order valence-electron chi connectivity index (χ4n) is 4.86. The first-order valence-electron chi connectivity index (χ1n) is 11.0. The Morgan fingerprint density at radius 2 is 1.97 bits per heavy atom. The van der Waals surface area contributed by atoms with E-state index in [-0.39, 0.29) is 17.9 Å². The summed E-state index contributed by atoms with van der Waals surface area (Å²) in [6.45, 7) is 3.82. The van der Waals surface area contributed by atoms with E-state index in [1.165, 1.54) is 12.1 Å². The molecule has 1 saturated carbocycles. The Balaban J connectivity index is 1.75. The summed E-state index contributed by atoms with van der Waals surface area (Å²) in [6.07, 6.45) is -2.66. The smallest absolute Gasteiger partial charge is 0.313 e. The van der Waals surface area contributed by atoms with Crippen LogP contribution in [0.4, 0.5) is 30.7 Å². The van der Waals surface area contributed by atoms with Crippen LogP contribution < -0.4 is 5.32 Å². The lowest BCUT2D eigenvalue weighted by Crippen LogP contribution is -2.60. The molecular formula is C22H28F7N3O. The van der Waals surface area contributed by atoms with Gasteiger partial charge in [0.15, 0.2) is 5.83 Å². The van der Waals surface area contributed by atoms with Crippen molar-refractivity contribution >= 4 is 11.6 Å². The Morgan fingerprint density at radius 1 is 1.30 bits per heavy atom. The van der Waals surface area contributed by atoms with Crippen molar-refractivity contribution in [2.45, 2.75) is 76.6 Å². The zero-order valence-corrected chi connectivity index (χ0v) is 18.7. The van der Waals surface area contributed by atoms with E-state index in [9.17, 15) is 35.5 Å². The van der Waals surface area contributed by atoms with E-state index in [1.54, 1.807) is 0 Å². The number of rotatable bonds is 8. The predicted molar refractivity (Wildman–Crippen MR) is 109 cm³/mol. The summed E-state index contributed by atoms with van der Waals surface area (Å²) in [5.41, 5.74) is 0.225. The molecular weight excluding hydrogens is 455 g/mol. The van der Waals surface area contributed by atoms with E-state index in [2.05, 4.69) is 10.4 Å². The van der Waals surface area contributed by atoms with Gasteiger partial charge in [-0.05, 0) is 17.6 Å². The van der Waals surface area contributed by atoms with E-state index >= 15 is 0 Å². The van der Waals surface area contributed by atoms with Crippen LogP contribution in [0.3, 0.4) is 0 Å². The molecule has 3 aliphatic rings. The van der Waals surface area contributed by atoms with E-state index < -0.39 is 72.8 Å². The van der Waals surface area contributed by atoms with Crippen molar-refractivity contribution in [1.82, 2.24) is 10.3 Å². The number of halogens is 7. The summed E-state index contributed by atoms with van der Waals surface area (Å²) in [5.74, 6) is -13.8. The van der Waals surface area contributed by atoms with Crippen molar-refractivity contribution in [3.63, 3.8) is 0 Å². The van der Waals surface area contributed by atoms with E-state index in [4.69, 9.17) is 0 Å². The maximum absolute atomic E-state index is 14.3. The van der Waals surface area contributed by atoms with Crippen LogP contribution in [0, 0.1) is 17.8 Å². The number of nitrogens with one attached hydrogen (secondary N) is 1. The Morgan fingerprint density at radius 3 is 2.55 bits per heavy atom. The topological polar surface area (TPSA) is 44.7 Å². The van der Waals surface area contributed by atoms with Gasteiger partial charge in [0, 0.05) is 50.3 Å². The average molecular weight is 483 g/mol. The predicted octanol–water partition coefficient (Wildman–Crippen LogP) is 5.67. The quantitative estimate of drug-likeness (QED) is 0.452. The highest BCUT2D eigenvalue weighted by Crippen LogP contribution is 2.56. The van der Waals surface area contributed by atoms with Crippen molar-refractivity contribution in [1.29, 1.82) is 0 Å². The van der Waals surface area contributed by atoms with Gasteiger partial charge >= 0.3 is 11.8 Å². The number of alkyl halides is 5. The summed E-state index contributed by atoms with van der Waals surface area (Å²) >= 11 is 0. The van der Waals surface area contributed by atoms with Gasteiger partial charge < -0.3 is 5.32 Å². The molecule has 5 atom stereocenters. The van der Waals surface area contributed by atoms with Gasteiger partial charge in [-0.25, -0.2) is 13.2 Å². The number of nitrogens with zero attached hydrogens (tertiary/aromatic N) is 2. The van der Waals surface area contributed by atoms with Crippen LogP contribution in [-0.2, 0) is 4.79 Å². The molecule has 1 amide bonds. The maximum Gasteiger partial charge on any atom is 0.313 e. The monoisotopic (exact) mass is 483 g/mol. The maximum atomic E-state index is 14.3. The third-order valence-corrected chi connectivity index (χ3v) is 6.66. The lowest BCUT2D eigenvalue weighted by molar-refractivity contribution is -0.313. The molecule has 0 spiro atoms. The molecule has 4 nitrogen and oxygen atoms in total. The minimum Gasteiger partial charge on any atom is -0.334 e. The highest BCUT2D eigenvalue weighted by molar-refractivity contribution is 5.92. The zero-order valence-electron chi connectivity index (χ0n) is 18.7. The lowest BCUT2D eigenvalue weighted by Gasteiger charge is -2.43. The van der Waals surface area contributed by atoms with Gasteiger partial charge in [-0.3, -0.25) is 9.80 Å². The standard InChI is InChI=1S/C22H28F7N3O/c1-4-5-11(2)18-16(7-12-6-14(23)9-15(24)19(12)25)31-32(3)20(18)30-17(33)8-13-10-21(26,27)22(13,28)29/h6,11,13-14,18,20H,4-5,7-10H2,1-3H3,(H,30,33)/t11?,13-,14?,18?,20?/m0/s1. The second-order valence-corrected chi connectivity index (χ2v) is 9.21. The van der Waals surface area contributed by atoms with Crippen LogP contribution in [0.2, 0.25) is 0 Å². The molecule has 0 aromatic heterocycles. The molecule has 0 radical (unpaired) electrons. The van der Waals surface area contributed by atoms with Crippen LogP contribution in [0.25, 0.3) is 0 Å². The highest BCUT2D eigenvalue weighted by atomic mass is 19.3. The summed E-state index contributed by atoms with van der Waals surface area (Å²) in [5, 5.41) is 8.32.